The van der Waals surface area contributed by atoms with Gasteiger partial charge in [0.15, 0.2) is 0 Å². The van der Waals surface area contributed by atoms with E-state index in [9.17, 15) is 4.79 Å². The van der Waals surface area contributed by atoms with Gasteiger partial charge in [0.05, 0.1) is 0 Å². The van der Waals surface area contributed by atoms with Crippen LogP contribution in [0.2, 0.25) is 0 Å². The van der Waals surface area contributed by atoms with Gasteiger partial charge in [-0.3, -0.25) is 4.79 Å². The second-order valence-electron chi connectivity index (χ2n) is 3.87. The molecule has 0 fully saturated rings. The molecular formula is C17H14O. The summed E-state index contributed by atoms with van der Waals surface area (Å²) in [6.07, 6.45) is 8.23. The number of benzene rings is 2. The van der Waals surface area contributed by atoms with Crippen molar-refractivity contribution in [1.82, 2.24) is 0 Å². The minimum absolute atomic E-state index is 0.789. The van der Waals surface area contributed by atoms with Crippen LogP contribution in [-0.4, -0.2) is 6.29 Å². The summed E-state index contributed by atoms with van der Waals surface area (Å²) in [5, 5.41) is 0. The van der Waals surface area contributed by atoms with Crippen molar-refractivity contribution in [2.24, 2.45) is 0 Å². The molecule has 0 unspecified atom stereocenters. The highest BCUT2D eigenvalue weighted by molar-refractivity contribution is 5.79. The zero-order chi connectivity index (χ0) is 12.6. The van der Waals surface area contributed by atoms with E-state index in [1.165, 1.54) is 6.08 Å². The van der Waals surface area contributed by atoms with E-state index in [0.29, 0.717) is 0 Å². The van der Waals surface area contributed by atoms with Crippen LogP contribution in [0.4, 0.5) is 0 Å². The average Bonchev–Trinajstić information content (AvgIpc) is 2.45. The zero-order valence-electron chi connectivity index (χ0n) is 9.99. The van der Waals surface area contributed by atoms with Crippen molar-refractivity contribution in [2.45, 2.75) is 0 Å². The molecule has 18 heavy (non-hydrogen) atoms. The third-order valence-electron chi connectivity index (χ3n) is 2.61. The minimum atomic E-state index is 0.789. The first-order valence-corrected chi connectivity index (χ1v) is 5.84. The van der Waals surface area contributed by atoms with Gasteiger partial charge in [-0.15, -0.1) is 0 Å². The standard InChI is InChI=1S/C17H14O/c18-14-6-11-16-9-4-5-10-17(16)13-12-15-7-2-1-3-8-15/h1-14H. The van der Waals surface area contributed by atoms with Crippen LogP contribution in [0.1, 0.15) is 16.7 Å². The summed E-state index contributed by atoms with van der Waals surface area (Å²) in [4.78, 5) is 10.4. The Morgan fingerprint density at radius 3 is 1.94 bits per heavy atom. The van der Waals surface area contributed by atoms with Crippen LogP contribution in [0.5, 0.6) is 0 Å². The van der Waals surface area contributed by atoms with Gasteiger partial charge in [-0.1, -0.05) is 72.8 Å². The van der Waals surface area contributed by atoms with Crippen molar-refractivity contribution < 1.29 is 4.79 Å². The van der Waals surface area contributed by atoms with E-state index in [1.807, 2.05) is 48.5 Å². The summed E-state index contributed by atoms with van der Waals surface area (Å²) < 4.78 is 0. The largest absolute Gasteiger partial charge is 0.299 e. The quantitative estimate of drug-likeness (QED) is 0.443. The Hall–Kier alpha value is -2.41. The molecule has 0 saturated carbocycles. The molecule has 0 bridgehead atoms. The van der Waals surface area contributed by atoms with E-state index in [-0.39, 0.29) is 0 Å². The van der Waals surface area contributed by atoms with Crippen LogP contribution >= 0.6 is 0 Å². The minimum Gasteiger partial charge on any atom is -0.299 e. The van der Waals surface area contributed by atoms with Crippen molar-refractivity contribution in [3.8, 4) is 0 Å². The molecule has 0 spiro atoms. The summed E-state index contributed by atoms with van der Waals surface area (Å²) in [6, 6.07) is 18.1. The van der Waals surface area contributed by atoms with Crippen LogP contribution in [0, 0.1) is 0 Å². The second kappa shape index (κ2) is 6.36. The van der Waals surface area contributed by atoms with Gasteiger partial charge < -0.3 is 0 Å². The SMILES string of the molecule is O=CC=Cc1ccccc1C=Cc1ccccc1. The van der Waals surface area contributed by atoms with Crippen molar-refractivity contribution in [3.63, 3.8) is 0 Å². The third kappa shape index (κ3) is 3.29. The molecule has 0 aliphatic heterocycles. The molecule has 1 heteroatoms. The lowest BCUT2D eigenvalue weighted by atomic mass is 10.1. The summed E-state index contributed by atoms with van der Waals surface area (Å²) in [5.41, 5.74) is 3.29. The van der Waals surface area contributed by atoms with Crippen LogP contribution in [0.25, 0.3) is 18.2 Å². The number of allylic oxidation sites excluding steroid dienone is 1. The Balaban J connectivity index is 2.26. The van der Waals surface area contributed by atoms with E-state index < -0.39 is 0 Å². The van der Waals surface area contributed by atoms with Gasteiger partial charge in [-0.25, -0.2) is 0 Å². The highest BCUT2D eigenvalue weighted by Crippen LogP contribution is 2.14. The van der Waals surface area contributed by atoms with Crippen LogP contribution in [0.15, 0.2) is 60.7 Å². The maximum absolute atomic E-state index is 10.4. The van der Waals surface area contributed by atoms with Crippen LogP contribution in [-0.2, 0) is 4.79 Å². The highest BCUT2D eigenvalue weighted by Gasteiger charge is 1.93. The molecule has 2 aromatic rings. The molecule has 2 aromatic carbocycles. The summed E-state index contributed by atoms with van der Waals surface area (Å²) >= 11 is 0. The fourth-order valence-corrected chi connectivity index (χ4v) is 1.71. The predicted octanol–water partition coefficient (Wildman–Crippen LogP) is 4.07. The fourth-order valence-electron chi connectivity index (χ4n) is 1.71. The lowest BCUT2D eigenvalue weighted by Gasteiger charge is -1.99. The molecule has 0 atom stereocenters. The first kappa shape index (κ1) is 12.1. The maximum atomic E-state index is 10.4. The van der Waals surface area contributed by atoms with Gasteiger partial charge in [0.25, 0.3) is 0 Å². The average molecular weight is 234 g/mol. The van der Waals surface area contributed by atoms with Gasteiger partial charge in [0, 0.05) is 0 Å². The molecule has 0 saturated heterocycles. The van der Waals surface area contributed by atoms with E-state index in [4.69, 9.17) is 0 Å². The van der Waals surface area contributed by atoms with Crippen LogP contribution < -0.4 is 0 Å². The topological polar surface area (TPSA) is 17.1 Å². The molecule has 0 heterocycles. The van der Waals surface area contributed by atoms with E-state index in [1.54, 1.807) is 0 Å². The van der Waals surface area contributed by atoms with Crippen molar-refractivity contribution >= 4 is 24.5 Å². The molecular weight excluding hydrogens is 220 g/mol. The first-order valence-electron chi connectivity index (χ1n) is 5.84. The summed E-state index contributed by atoms with van der Waals surface area (Å²) in [7, 11) is 0. The third-order valence-corrected chi connectivity index (χ3v) is 2.61. The van der Waals surface area contributed by atoms with E-state index in [2.05, 4.69) is 24.3 Å². The maximum Gasteiger partial charge on any atom is 0.142 e. The Labute approximate surface area is 107 Å². The highest BCUT2D eigenvalue weighted by atomic mass is 16.1. The fraction of sp³-hybridized carbons (Fsp3) is 0. The van der Waals surface area contributed by atoms with Gasteiger partial charge in [0.1, 0.15) is 6.29 Å². The monoisotopic (exact) mass is 234 g/mol. The van der Waals surface area contributed by atoms with Gasteiger partial charge in [0.2, 0.25) is 0 Å². The Bertz CT molecular complexity index is 565. The Kier molecular flexibility index (Phi) is 4.26. The summed E-state index contributed by atoms with van der Waals surface area (Å²) in [6.45, 7) is 0. The molecule has 2 rings (SSSR count). The molecule has 0 N–H and O–H groups in total. The number of carbonyl (C=O) groups excluding carboxylic acids is 1. The van der Waals surface area contributed by atoms with Crippen molar-refractivity contribution in [1.29, 1.82) is 0 Å². The van der Waals surface area contributed by atoms with E-state index in [0.717, 1.165) is 23.0 Å². The molecule has 0 aliphatic carbocycles. The predicted molar refractivity (Wildman–Crippen MR) is 76.9 cm³/mol. The lowest BCUT2D eigenvalue weighted by Crippen LogP contribution is -1.79. The van der Waals surface area contributed by atoms with E-state index >= 15 is 0 Å². The second-order valence-corrected chi connectivity index (χ2v) is 3.87. The van der Waals surface area contributed by atoms with Crippen molar-refractivity contribution in [3.05, 3.63) is 77.4 Å². The number of hydrogen-bond acceptors (Lipinski definition) is 1. The number of carbonyl (C=O) groups is 1. The molecule has 88 valence electrons. The van der Waals surface area contributed by atoms with Gasteiger partial charge in [-0.2, -0.15) is 0 Å². The summed E-state index contributed by atoms with van der Waals surface area (Å²) in [5.74, 6) is 0. The first-order chi connectivity index (χ1) is 8.90. The van der Waals surface area contributed by atoms with Crippen LogP contribution in [0.3, 0.4) is 0 Å². The lowest BCUT2D eigenvalue weighted by molar-refractivity contribution is -0.104. The Morgan fingerprint density at radius 2 is 1.28 bits per heavy atom. The van der Waals surface area contributed by atoms with Gasteiger partial charge >= 0.3 is 0 Å². The molecule has 0 aliphatic rings. The number of rotatable bonds is 4. The van der Waals surface area contributed by atoms with Crippen molar-refractivity contribution in [2.75, 3.05) is 0 Å². The normalized spacial score (nSPS) is 11.1. The molecule has 0 radical (unpaired) electrons. The smallest absolute Gasteiger partial charge is 0.142 e. The number of aldehydes is 1. The molecule has 1 nitrogen and oxygen atoms in total. The molecule has 0 aromatic heterocycles. The molecule has 0 amide bonds. The van der Waals surface area contributed by atoms with Gasteiger partial charge in [-0.05, 0) is 22.8 Å². The number of hydrogen-bond donors (Lipinski definition) is 0. The zero-order valence-corrected chi connectivity index (χ0v) is 9.99. The Morgan fingerprint density at radius 1 is 0.667 bits per heavy atom.